The van der Waals surface area contributed by atoms with Gasteiger partial charge in [0, 0.05) is 11.3 Å². The van der Waals surface area contributed by atoms with Crippen molar-refractivity contribution >= 4 is 34.7 Å². The van der Waals surface area contributed by atoms with Gasteiger partial charge in [-0.05, 0) is 72.6 Å². The Bertz CT molecular complexity index is 1320. The summed E-state index contributed by atoms with van der Waals surface area (Å²) in [6, 6.07) is 16.8. The largest absolute Gasteiger partial charge is 0.507 e. The van der Waals surface area contributed by atoms with Crippen LogP contribution in [0.15, 0.2) is 72.3 Å². The third-order valence-corrected chi connectivity index (χ3v) is 6.53. The minimum Gasteiger partial charge on any atom is -0.507 e. The second kappa shape index (κ2) is 11.4. The summed E-state index contributed by atoms with van der Waals surface area (Å²) in [4.78, 5) is 27.9. The number of unbranched alkanes of at least 4 members (excludes halogenated alkanes) is 2. The third-order valence-electron chi connectivity index (χ3n) is 6.23. The van der Waals surface area contributed by atoms with Crippen LogP contribution in [0.25, 0.3) is 5.76 Å². The number of carbonyl (C=O) groups excluding carboxylic acids is 2. The molecule has 1 saturated heterocycles. The number of aliphatic hydroxyl groups excluding tert-OH is 1. The Morgan fingerprint density at radius 1 is 0.973 bits per heavy atom. The summed E-state index contributed by atoms with van der Waals surface area (Å²) in [5.41, 5.74) is 1.17. The zero-order valence-electron chi connectivity index (χ0n) is 20.6. The molecule has 1 unspecified atom stereocenters. The quantitative estimate of drug-likeness (QED) is 0.149. The Morgan fingerprint density at radius 2 is 1.65 bits per heavy atom. The molecule has 1 heterocycles. The summed E-state index contributed by atoms with van der Waals surface area (Å²) in [5.74, 6) is -0.851. The molecule has 2 N–H and O–H groups in total. The van der Waals surface area contributed by atoms with Crippen LogP contribution in [0.4, 0.5) is 5.69 Å². The summed E-state index contributed by atoms with van der Waals surface area (Å²) in [6.07, 6.45) is 3.12. The lowest BCUT2D eigenvalue weighted by Gasteiger charge is -2.26. The number of amides is 1. The first-order valence-electron chi connectivity index (χ1n) is 12.0. The van der Waals surface area contributed by atoms with Gasteiger partial charge in [-0.1, -0.05) is 37.4 Å². The number of aromatic hydroxyl groups is 1. The monoisotopic (exact) mass is 521 g/mol. The van der Waals surface area contributed by atoms with Gasteiger partial charge in [0.1, 0.15) is 23.0 Å². The highest BCUT2D eigenvalue weighted by atomic mass is 35.5. The number of halogens is 1. The first-order chi connectivity index (χ1) is 17.8. The zero-order valence-corrected chi connectivity index (χ0v) is 21.4. The van der Waals surface area contributed by atoms with Crippen molar-refractivity contribution in [2.45, 2.75) is 32.2 Å². The number of aliphatic hydroxyl groups is 1. The van der Waals surface area contributed by atoms with Crippen molar-refractivity contribution < 1.29 is 29.3 Å². The third kappa shape index (κ3) is 5.42. The van der Waals surface area contributed by atoms with Gasteiger partial charge in [-0.2, -0.15) is 0 Å². The van der Waals surface area contributed by atoms with E-state index in [0.717, 1.165) is 19.3 Å². The summed E-state index contributed by atoms with van der Waals surface area (Å²) >= 11 is 6.17. The molecule has 7 nitrogen and oxygen atoms in total. The van der Waals surface area contributed by atoms with Gasteiger partial charge in [-0.15, -0.1) is 0 Å². The van der Waals surface area contributed by atoms with Crippen molar-refractivity contribution in [2.24, 2.45) is 0 Å². The van der Waals surface area contributed by atoms with E-state index in [2.05, 4.69) is 6.92 Å². The minimum absolute atomic E-state index is 0.0578. The van der Waals surface area contributed by atoms with E-state index in [1.165, 1.54) is 24.1 Å². The first kappa shape index (κ1) is 26.1. The molecule has 3 aromatic carbocycles. The van der Waals surface area contributed by atoms with Gasteiger partial charge in [-0.25, -0.2) is 0 Å². The molecule has 0 aromatic heterocycles. The molecule has 0 bridgehead atoms. The number of hydrogen-bond acceptors (Lipinski definition) is 6. The number of rotatable bonds is 9. The number of hydrogen-bond donors (Lipinski definition) is 2. The van der Waals surface area contributed by atoms with E-state index >= 15 is 0 Å². The van der Waals surface area contributed by atoms with Crippen LogP contribution in [0.3, 0.4) is 0 Å². The topological polar surface area (TPSA) is 96.3 Å². The molecule has 1 aliphatic heterocycles. The first-order valence-corrected chi connectivity index (χ1v) is 12.4. The number of ketones is 1. The smallest absolute Gasteiger partial charge is 0.300 e. The van der Waals surface area contributed by atoms with E-state index in [1.54, 1.807) is 54.6 Å². The molecule has 4 rings (SSSR count). The number of nitrogens with zero attached hydrogens (tertiary/aromatic N) is 1. The van der Waals surface area contributed by atoms with Gasteiger partial charge in [-0.3, -0.25) is 14.5 Å². The summed E-state index contributed by atoms with van der Waals surface area (Å²) in [7, 11) is 1.53. The van der Waals surface area contributed by atoms with Crippen LogP contribution in [0.1, 0.15) is 43.4 Å². The van der Waals surface area contributed by atoms with Crippen LogP contribution >= 0.6 is 11.6 Å². The molecule has 0 spiro atoms. The predicted octanol–water partition coefficient (Wildman–Crippen LogP) is 6.25. The zero-order chi connectivity index (χ0) is 26.5. The van der Waals surface area contributed by atoms with Crippen molar-refractivity contribution in [3.8, 4) is 17.2 Å². The number of phenols is 1. The average Bonchev–Trinajstić information content (AvgIpc) is 3.18. The summed E-state index contributed by atoms with van der Waals surface area (Å²) in [5, 5.41) is 21.3. The standard InChI is InChI=1S/C29H28ClNO6/c1-3-4-5-16-37-22-11-6-18(7-12-22)27(33)25-26(19-8-15-24(32)23(30)17-19)31(29(35)28(25)34)20-9-13-21(36-2)14-10-20/h6-15,17,26,32-33H,3-5,16H2,1-2H3/b27-25-. The minimum atomic E-state index is -0.975. The molecule has 37 heavy (non-hydrogen) atoms. The molecule has 192 valence electrons. The van der Waals surface area contributed by atoms with E-state index in [4.69, 9.17) is 21.1 Å². The second-order valence-electron chi connectivity index (χ2n) is 8.66. The van der Waals surface area contributed by atoms with Gasteiger partial charge < -0.3 is 19.7 Å². The molecule has 8 heteroatoms. The van der Waals surface area contributed by atoms with Crippen LogP contribution in [-0.2, 0) is 9.59 Å². The molecule has 3 aromatic rings. The Labute approximate surface area is 220 Å². The van der Waals surface area contributed by atoms with E-state index in [-0.39, 0.29) is 22.1 Å². The molecule has 0 aliphatic carbocycles. The van der Waals surface area contributed by atoms with Gasteiger partial charge >= 0.3 is 0 Å². The van der Waals surface area contributed by atoms with Gasteiger partial charge in [0.25, 0.3) is 11.7 Å². The second-order valence-corrected chi connectivity index (χ2v) is 9.07. The van der Waals surface area contributed by atoms with Gasteiger partial charge in [0.2, 0.25) is 0 Å². The van der Waals surface area contributed by atoms with Crippen LogP contribution in [0, 0.1) is 0 Å². The molecule has 1 amide bonds. The molecule has 1 fully saturated rings. The van der Waals surface area contributed by atoms with Gasteiger partial charge in [0.05, 0.1) is 30.4 Å². The number of ether oxygens (including phenoxy) is 2. The fraction of sp³-hybridized carbons (Fsp3) is 0.241. The maximum absolute atomic E-state index is 13.3. The SMILES string of the molecule is CCCCCOc1ccc(/C(O)=C2/C(=O)C(=O)N(c3ccc(OC)cc3)C2c2ccc(O)c(Cl)c2)cc1. The highest BCUT2D eigenvalue weighted by Gasteiger charge is 2.47. The van der Waals surface area contributed by atoms with Crippen molar-refractivity contribution in [1.29, 1.82) is 0 Å². The average molecular weight is 522 g/mol. The maximum Gasteiger partial charge on any atom is 0.300 e. The number of anilines is 1. The Kier molecular flexibility index (Phi) is 8.04. The Hall–Kier alpha value is -3.97. The normalized spacial score (nSPS) is 16.7. The highest BCUT2D eigenvalue weighted by molar-refractivity contribution is 6.51. The summed E-state index contributed by atoms with van der Waals surface area (Å²) in [6.45, 7) is 2.71. The Balaban J connectivity index is 1.77. The van der Waals surface area contributed by atoms with Crippen LogP contribution in [0.5, 0.6) is 17.2 Å². The molecule has 0 saturated carbocycles. The molecular formula is C29H28ClNO6. The van der Waals surface area contributed by atoms with Crippen LogP contribution < -0.4 is 14.4 Å². The lowest BCUT2D eigenvalue weighted by Crippen LogP contribution is -2.29. The molecule has 1 aliphatic rings. The van der Waals surface area contributed by atoms with E-state index in [9.17, 15) is 19.8 Å². The lowest BCUT2D eigenvalue weighted by molar-refractivity contribution is -0.132. The summed E-state index contributed by atoms with van der Waals surface area (Å²) < 4.78 is 10.9. The predicted molar refractivity (Wildman–Crippen MR) is 142 cm³/mol. The van der Waals surface area contributed by atoms with E-state index in [0.29, 0.717) is 34.9 Å². The maximum atomic E-state index is 13.3. The number of Topliss-reactive ketones (excluding diaryl/α,β-unsaturated/α-hetero) is 1. The van der Waals surface area contributed by atoms with Crippen LogP contribution in [-0.4, -0.2) is 35.6 Å². The fourth-order valence-electron chi connectivity index (χ4n) is 4.26. The molecular weight excluding hydrogens is 494 g/mol. The van der Waals surface area contributed by atoms with Crippen molar-refractivity contribution in [1.82, 2.24) is 0 Å². The van der Waals surface area contributed by atoms with Gasteiger partial charge in [0.15, 0.2) is 0 Å². The lowest BCUT2D eigenvalue weighted by atomic mass is 9.95. The highest BCUT2D eigenvalue weighted by Crippen LogP contribution is 2.43. The van der Waals surface area contributed by atoms with Crippen molar-refractivity contribution in [3.05, 3.63) is 88.5 Å². The Morgan fingerprint density at radius 3 is 2.27 bits per heavy atom. The number of benzene rings is 3. The molecule has 0 radical (unpaired) electrons. The van der Waals surface area contributed by atoms with Crippen LogP contribution in [0.2, 0.25) is 5.02 Å². The molecule has 1 atom stereocenters. The van der Waals surface area contributed by atoms with Crippen molar-refractivity contribution in [2.75, 3.05) is 18.6 Å². The number of methoxy groups -OCH3 is 1. The van der Waals surface area contributed by atoms with E-state index in [1.807, 2.05) is 0 Å². The number of carbonyl (C=O) groups is 2. The fourth-order valence-corrected chi connectivity index (χ4v) is 4.45. The van der Waals surface area contributed by atoms with Crippen molar-refractivity contribution in [3.63, 3.8) is 0 Å². The van der Waals surface area contributed by atoms with E-state index < -0.39 is 17.7 Å². The number of phenolic OH excluding ortho intramolecular Hbond substituents is 1.